The molecule has 2 aromatic carbocycles. The molecule has 3 aliphatic rings. The number of nitrogens with one attached hydrogen (secondary N) is 1. The summed E-state index contributed by atoms with van der Waals surface area (Å²) in [4.78, 5) is 26.9. The zero-order valence-electron chi connectivity index (χ0n) is 17.1. The zero-order chi connectivity index (χ0) is 21.1. The molecule has 0 unspecified atom stereocenters. The van der Waals surface area contributed by atoms with Gasteiger partial charge in [0.1, 0.15) is 5.76 Å². The third kappa shape index (κ3) is 2.68. The van der Waals surface area contributed by atoms with Gasteiger partial charge in [0.2, 0.25) is 0 Å². The van der Waals surface area contributed by atoms with Crippen LogP contribution in [0.15, 0.2) is 88.2 Å². The summed E-state index contributed by atoms with van der Waals surface area (Å²) in [6.07, 6.45) is 2.73. The van der Waals surface area contributed by atoms with Gasteiger partial charge in [0.15, 0.2) is 11.6 Å². The first kappa shape index (κ1) is 18.1. The Kier molecular flexibility index (Phi) is 3.90. The highest BCUT2D eigenvalue weighted by Gasteiger charge is 2.45. The number of furan rings is 1. The number of hydrogen-bond acceptors (Lipinski definition) is 4. The van der Waals surface area contributed by atoms with Crippen LogP contribution >= 0.6 is 0 Å². The van der Waals surface area contributed by atoms with Crippen molar-refractivity contribution in [2.24, 2.45) is 0 Å². The molecule has 2 aliphatic carbocycles. The van der Waals surface area contributed by atoms with Crippen LogP contribution in [-0.2, 0) is 4.79 Å². The number of carbonyl (C=O) groups is 2. The van der Waals surface area contributed by atoms with Crippen molar-refractivity contribution < 1.29 is 14.0 Å². The third-order valence-corrected chi connectivity index (χ3v) is 6.67. The van der Waals surface area contributed by atoms with Gasteiger partial charge in [0.05, 0.1) is 12.0 Å². The second-order valence-electron chi connectivity index (χ2n) is 8.57. The van der Waals surface area contributed by atoms with E-state index in [0.29, 0.717) is 24.0 Å². The molecule has 0 fully saturated rings. The summed E-state index contributed by atoms with van der Waals surface area (Å²) in [5.74, 6) is 0.571. The van der Waals surface area contributed by atoms with Crippen LogP contribution in [-0.4, -0.2) is 11.6 Å². The molecule has 4 heteroatoms. The standard InChI is InChI=1S/C27H21NO3/c1-15-8-10-16(11-9-15)23-24-20(13-17(14-21(24)29)22-7-4-12-31-22)28-26-18-5-2-3-6-19(18)27(30)25(23)26/h2-12,17,23,28H,13-14H2,1H3/t17-,23+/m1/s1. The van der Waals surface area contributed by atoms with Crippen LogP contribution in [0.5, 0.6) is 0 Å². The number of Topliss-reactive ketones (excluding diaryl/α,β-unsaturated/α-hetero) is 2. The minimum absolute atomic E-state index is 0.00177. The summed E-state index contributed by atoms with van der Waals surface area (Å²) in [7, 11) is 0. The van der Waals surface area contributed by atoms with E-state index < -0.39 is 0 Å². The fraction of sp³-hybridized carbons (Fsp3) is 0.185. The lowest BCUT2D eigenvalue weighted by atomic mass is 9.72. The Bertz CT molecular complexity index is 1290. The Morgan fingerprint density at radius 2 is 1.65 bits per heavy atom. The molecule has 2 heterocycles. The number of aryl methyl sites for hydroxylation is 1. The van der Waals surface area contributed by atoms with Crippen LogP contribution in [0.4, 0.5) is 0 Å². The van der Waals surface area contributed by atoms with E-state index in [1.165, 1.54) is 0 Å². The molecular weight excluding hydrogens is 386 g/mol. The lowest BCUT2D eigenvalue weighted by Gasteiger charge is -2.35. The first-order valence-corrected chi connectivity index (χ1v) is 10.6. The van der Waals surface area contributed by atoms with E-state index in [4.69, 9.17) is 4.42 Å². The van der Waals surface area contributed by atoms with Crippen molar-refractivity contribution in [2.75, 3.05) is 0 Å². The van der Waals surface area contributed by atoms with Gasteiger partial charge in [-0.1, -0.05) is 54.1 Å². The van der Waals surface area contributed by atoms with E-state index in [2.05, 4.69) is 5.32 Å². The van der Waals surface area contributed by atoms with Crippen LogP contribution < -0.4 is 5.32 Å². The Labute approximate surface area is 180 Å². The summed E-state index contributed by atoms with van der Waals surface area (Å²) >= 11 is 0. The quantitative estimate of drug-likeness (QED) is 0.628. The highest BCUT2D eigenvalue weighted by molar-refractivity contribution is 6.23. The summed E-state index contributed by atoms with van der Waals surface area (Å²) in [5, 5.41) is 3.51. The Balaban J connectivity index is 1.53. The molecule has 6 rings (SSSR count). The predicted octanol–water partition coefficient (Wildman–Crippen LogP) is 5.28. The molecular formula is C27H21NO3. The maximum Gasteiger partial charge on any atom is 0.192 e. The van der Waals surface area contributed by atoms with Crippen molar-refractivity contribution in [3.63, 3.8) is 0 Å². The van der Waals surface area contributed by atoms with Gasteiger partial charge in [0.25, 0.3) is 0 Å². The number of allylic oxidation sites excluding steroid dienone is 3. The molecule has 4 nitrogen and oxygen atoms in total. The number of benzene rings is 2. The monoisotopic (exact) mass is 407 g/mol. The number of rotatable bonds is 2. The van der Waals surface area contributed by atoms with Crippen molar-refractivity contribution in [3.8, 4) is 0 Å². The largest absolute Gasteiger partial charge is 0.469 e. The van der Waals surface area contributed by atoms with E-state index in [1.807, 2.05) is 67.6 Å². The van der Waals surface area contributed by atoms with Gasteiger partial charge in [-0.2, -0.15) is 0 Å². The molecule has 0 saturated heterocycles. The minimum Gasteiger partial charge on any atom is -0.469 e. The second-order valence-corrected chi connectivity index (χ2v) is 8.57. The van der Waals surface area contributed by atoms with Crippen LogP contribution in [0.1, 0.15) is 57.5 Å². The maximum absolute atomic E-state index is 13.5. The summed E-state index contributed by atoms with van der Waals surface area (Å²) < 4.78 is 5.62. The van der Waals surface area contributed by atoms with Crippen molar-refractivity contribution in [1.82, 2.24) is 5.32 Å². The molecule has 0 spiro atoms. The molecule has 3 aromatic rings. The van der Waals surface area contributed by atoms with Gasteiger partial charge in [-0.05, 0) is 31.0 Å². The van der Waals surface area contributed by atoms with Gasteiger partial charge in [0, 0.05) is 46.2 Å². The molecule has 0 saturated carbocycles. The molecule has 1 aliphatic heterocycles. The Hall–Kier alpha value is -3.66. The van der Waals surface area contributed by atoms with Crippen LogP contribution in [0, 0.1) is 6.92 Å². The SMILES string of the molecule is Cc1ccc([C@H]2C3=C(C[C@@H](c4ccco4)CC3=O)NC3=C2C(=O)c2ccccc23)cc1. The molecule has 0 bridgehead atoms. The van der Waals surface area contributed by atoms with Crippen molar-refractivity contribution in [1.29, 1.82) is 0 Å². The lowest BCUT2D eigenvalue weighted by Crippen LogP contribution is -2.33. The second kappa shape index (κ2) is 6.67. The molecule has 152 valence electrons. The molecule has 31 heavy (non-hydrogen) atoms. The summed E-state index contributed by atoms with van der Waals surface area (Å²) in [6, 6.07) is 19.7. The fourth-order valence-corrected chi connectivity index (χ4v) is 5.21. The highest BCUT2D eigenvalue weighted by Crippen LogP contribution is 2.50. The van der Waals surface area contributed by atoms with Gasteiger partial charge >= 0.3 is 0 Å². The van der Waals surface area contributed by atoms with Crippen molar-refractivity contribution in [2.45, 2.75) is 31.6 Å². The van der Waals surface area contributed by atoms with Gasteiger partial charge in [-0.3, -0.25) is 9.59 Å². The molecule has 0 amide bonds. The van der Waals surface area contributed by atoms with E-state index in [-0.39, 0.29) is 23.4 Å². The maximum atomic E-state index is 13.5. The van der Waals surface area contributed by atoms with Gasteiger partial charge in [-0.25, -0.2) is 0 Å². The summed E-state index contributed by atoms with van der Waals surface area (Å²) in [5.41, 5.74) is 6.92. The summed E-state index contributed by atoms with van der Waals surface area (Å²) in [6.45, 7) is 2.04. The van der Waals surface area contributed by atoms with Gasteiger partial charge < -0.3 is 9.73 Å². The number of dihydropyridines is 1. The van der Waals surface area contributed by atoms with Gasteiger partial charge in [-0.15, -0.1) is 0 Å². The Morgan fingerprint density at radius 3 is 2.39 bits per heavy atom. The molecule has 1 aromatic heterocycles. The normalized spacial score (nSPS) is 22.2. The third-order valence-electron chi connectivity index (χ3n) is 6.67. The molecule has 2 atom stereocenters. The number of ketones is 2. The highest BCUT2D eigenvalue weighted by atomic mass is 16.3. The average Bonchev–Trinajstić information content (AvgIpc) is 3.41. The zero-order valence-corrected chi connectivity index (χ0v) is 17.1. The smallest absolute Gasteiger partial charge is 0.192 e. The average molecular weight is 407 g/mol. The first-order chi connectivity index (χ1) is 15.1. The van der Waals surface area contributed by atoms with E-state index in [1.54, 1.807) is 6.26 Å². The van der Waals surface area contributed by atoms with Crippen molar-refractivity contribution in [3.05, 3.63) is 112 Å². The number of carbonyl (C=O) groups excluding carboxylic acids is 2. The van der Waals surface area contributed by atoms with E-state index in [9.17, 15) is 9.59 Å². The van der Waals surface area contributed by atoms with Crippen LogP contribution in [0.25, 0.3) is 5.70 Å². The van der Waals surface area contributed by atoms with E-state index >= 15 is 0 Å². The van der Waals surface area contributed by atoms with Crippen LogP contribution in [0.2, 0.25) is 0 Å². The fourth-order valence-electron chi connectivity index (χ4n) is 5.21. The van der Waals surface area contributed by atoms with Crippen LogP contribution in [0.3, 0.4) is 0 Å². The lowest BCUT2D eigenvalue weighted by molar-refractivity contribution is -0.116. The number of fused-ring (bicyclic) bond motifs is 2. The number of hydrogen-bond donors (Lipinski definition) is 1. The molecule has 1 N–H and O–H groups in total. The first-order valence-electron chi connectivity index (χ1n) is 10.6. The predicted molar refractivity (Wildman–Crippen MR) is 117 cm³/mol. The minimum atomic E-state index is -0.350. The topological polar surface area (TPSA) is 59.3 Å². The Morgan fingerprint density at radius 1 is 0.871 bits per heavy atom. The van der Waals surface area contributed by atoms with E-state index in [0.717, 1.165) is 39.4 Å². The molecule has 0 radical (unpaired) electrons. The van der Waals surface area contributed by atoms with Crippen molar-refractivity contribution >= 4 is 17.3 Å².